The molecular formula is C12H14N4O3S. The zero-order valence-electron chi connectivity index (χ0n) is 11.0. The van der Waals surface area contributed by atoms with Gasteiger partial charge in [0.15, 0.2) is 5.03 Å². The fourth-order valence-electron chi connectivity index (χ4n) is 1.59. The van der Waals surface area contributed by atoms with Crippen molar-refractivity contribution in [1.82, 2.24) is 14.9 Å². The average molecular weight is 294 g/mol. The molecule has 0 unspecified atom stereocenters. The number of nitrogens with one attached hydrogen (secondary N) is 2. The fraction of sp³-hybridized carbons (Fsp3) is 0.167. The number of benzene rings is 1. The summed E-state index contributed by atoms with van der Waals surface area (Å²) in [6, 6.07) is 6.42. The van der Waals surface area contributed by atoms with Crippen molar-refractivity contribution >= 4 is 21.6 Å². The van der Waals surface area contributed by atoms with Crippen LogP contribution in [0.1, 0.15) is 10.4 Å². The number of imidazole rings is 1. The number of rotatable bonds is 4. The van der Waals surface area contributed by atoms with Gasteiger partial charge in [-0.1, -0.05) is 12.1 Å². The molecule has 0 atom stereocenters. The molecular weight excluding hydrogens is 280 g/mol. The van der Waals surface area contributed by atoms with Crippen molar-refractivity contribution < 1.29 is 13.2 Å². The van der Waals surface area contributed by atoms with Gasteiger partial charge in [-0.2, -0.15) is 8.42 Å². The molecule has 20 heavy (non-hydrogen) atoms. The van der Waals surface area contributed by atoms with Crippen molar-refractivity contribution in [2.24, 2.45) is 0 Å². The molecule has 0 saturated heterocycles. The van der Waals surface area contributed by atoms with Crippen LogP contribution in [0, 0.1) is 0 Å². The molecule has 0 radical (unpaired) electrons. The Labute approximate surface area is 116 Å². The van der Waals surface area contributed by atoms with Crippen LogP contribution >= 0.6 is 0 Å². The zero-order chi connectivity index (χ0) is 14.8. The van der Waals surface area contributed by atoms with E-state index in [1.165, 1.54) is 23.5 Å². The molecule has 2 rings (SSSR count). The van der Waals surface area contributed by atoms with Gasteiger partial charge >= 0.3 is 0 Å². The average Bonchev–Trinajstić information content (AvgIpc) is 2.92. The first kappa shape index (κ1) is 14.1. The highest BCUT2D eigenvalue weighted by atomic mass is 32.2. The van der Waals surface area contributed by atoms with Gasteiger partial charge in [0.05, 0.1) is 23.8 Å². The molecule has 1 amide bonds. The van der Waals surface area contributed by atoms with Gasteiger partial charge in [-0.25, -0.2) is 4.98 Å². The summed E-state index contributed by atoms with van der Waals surface area (Å²) in [6.45, 7) is 0. The molecule has 0 saturated carbocycles. The number of carbonyl (C=O) groups is 1. The number of hydrogen-bond donors (Lipinski definition) is 2. The standard InChI is InChI=1S/C12H14N4O3S/c1-16(2)12(17)9-5-3-4-6-10(9)15-20(18,19)11-7-13-8-14-11/h3-8,15H,1-2H3,(H,13,14). The number of nitrogens with zero attached hydrogens (tertiary/aromatic N) is 2. The number of aromatic nitrogens is 2. The molecule has 8 heteroatoms. The Kier molecular flexibility index (Phi) is 3.75. The summed E-state index contributed by atoms with van der Waals surface area (Å²) in [5.41, 5.74) is 0.501. The van der Waals surface area contributed by atoms with Gasteiger partial charge in [0, 0.05) is 14.1 Å². The third-order valence-corrected chi connectivity index (χ3v) is 3.86. The number of amides is 1. The Morgan fingerprint density at radius 2 is 2.00 bits per heavy atom. The summed E-state index contributed by atoms with van der Waals surface area (Å²) in [5, 5.41) is -0.0652. The van der Waals surface area contributed by atoms with Crippen molar-refractivity contribution in [3.8, 4) is 0 Å². The van der Waals surface area contributed by atoms with E-state index in [4.69, 9.17) is 0 Å². The highest BCUT2D eigenvalue weighted by Gasteiger charge is 2.20. The van der Waals surface area contributed by atoms with E-state index in [-0.39, 0.29) is 22.2 Å². The molecule has 0 fully saturated rings. The van der Waals surface area contributed by atoms with Crippen molar-refractivity contribution in [1.29, 1.82) is 0 Å². The quantitative estimate of drug-likeness (QED) is 0.876. The minimum atomic E-state index is -3.79. The van der Waals surface area contributed by atoms with Gasteiger partial charge in [0.1, 0.15) is 0 Å². The van der Waals surface area contributed by atoms with Crippen LogP contribution in [0.3, 0.4) is 0 Å². The second-order valence-corrected chi connectivity index (χ2v) is 5.92. The maximum Gasteiger partial charge on any atom is 0.278 e. The Bertz CT molecular complexity index is 708. The van der Waals surface area contributed by atoms with Gasteiger partial charge in [-0.3, -0.25) is 9.52 Å². The van der Waals surface area contributed by atoms with E-state index in [0.29, 0.717) is 0 Å². The van der Waals surface area contributed by atoms with Crippen LogP contribution in [0.25, 0.3) is 0 Å². The molecule has 106 valence electrons. The van der Waals surface area contributed by atoms with Crippen molar-refractivity contribution in [3.63, 3.8) is 0 Å². The summed E-state index contributed by atoms with van der Waals surface area (Å²) in [5.74, 6) is -0.284. The van der Waals surface area contributed by atoms with Crippen LogP contribution in [0.2, 0.25) is 0 Å². The third kappa shape index (κ3) is 2.80. The van der Waals surface area contributed by atoms with Crippen LogP contribution in [-0.2, 0) is 10.0 Å². The maximum absolute atomic E-state index is 12.1. The van der Waals surface area contributed by atoms with Gasteiger partial charge in [-0.15, -0.1) is 0 Å². The van der Waals surface area contributed by atoms with Gasteiger partial charge < -0.3 is 9.88 Å². The molecule has 1 aromatic carbocycles. The number of hydrogen-bond acceptors (Lipinski definition) is 4. The number of H-pyrrole nitrogens is 1. The van der Waals surface area contributed by atoms with Crippen LogP contribution in [0.4, 0.5) is 5.69 Å². The predicted molar refractivity (Wildman–Crippen MR) is 73.9 cm³/mol. The summed E-state index contributed by atoms with van der Waals surface area (Å²) in [4.78, 5) is 19.6. The van der Waals surface area contributed by atoms with E-state index in [0.717, 1.165) is 0 Å². The van der Waals surface area contributed by atoms with E-state index in [1.54, 1.807) is 32.3 Å². The third-order valence-electron chi connectivity index (χ3n) is 2.57. The lowest BCUT2D eigenvalue weighted by Crippen LogP contribution is -2.24. The molecule has 2 N–H and O–H groups in total. The van der Waals surface area contributed by atoms with E-state index < -0.39 is 10.0 Å². The number of sulfonamides is 1. The normalized spacial score (nSPS) is 11.1. The smallest absolute Gasteiger partial charge is 0.278 e. The minimum absolute atomic E-state index is 0.0652. The molecule has 0 bridgehead atoms. The highest BCUT2D eigenvalue weighted by Crippen LogP contribution is 2.20. The van der Waals surface area contributed by atoms with Crippen LogP contribution in [0.5, 0.6) is 0 Å². The van der Waals surface area contributed by atoms with Crippen LogP contribution < -0.4 is 4.72 Å². The van der Waals surface area contributed by atoms with Gasteiger partial charge in [0.2, 0.25) is 0 Å². The zero-order valence-corrected chi connectivity index (χ0v) is 11.8. The summed E-state index contributed by atoms with van der Waals surface area (Å²) < 4.78 is 26.6. The van der Waals surface area contributed by atoms with Gasteiger partial charge in [-0.05, 0) is 12.1 Å². The Balaban J connectivity index is 2.38. The molecule has 1 heterocycles. The van der Waals surface area contributed by atoms with E-state index >= 15 is 0 Å². The van der Waals surface area contributed by atoms with Crippen molar-refractivity contribution in [3.05, 3.63) is 42.4 Å². The topological polar surface area (TPSA) is 95.2 Å². The monoisotopic (exact) mass is 294 g/mol. The second kappa shape index (κ2) is 5.33. The first-order valence-electron chi connectivity index (χ1n) is 5.73. The van der Waals surface area contributed by atoms with Crippen molar-refractivity contribution in [2.75, 3.05) is 18.8 Å². The number of para-hydroxylation sites is 1. The van der Waals surface area contributed by atoms with E-state index in [2.05, 4.69) is 14.7 Å². The minimum Gasteiger partial charge on any atom is -0.345 e. The molecule has 1 aromatic heterocycles. The van der Waals surface area contributed by atoms with E-state index in [9.17, 15) is 13.2 Å². The van der Waals surface area contributed by atoms with E-state index in [1.807, 2.05) is 0 Å². The number of aromatic amines is 1. The second-order valence-electron chi connectivity index (χ2n) is 4.27. The lowest BCUT2D eigenvalue weighted by Gasteiger charge is -2.14. The molecule has 2 aromatic rings. The number of carbonyl (C=O) groups excluding carboxylic acids is 1. The summed E-state index contributed by atoms with van der Waals surface area (Å²) >= 11 is 0. The lowest BCUT2D eigenvalue weighted by molar-refractivity contribution is 0.0828. The van der Waals surface area contributed by atoms with Crippen LogP contribution in [0.15, 0.2) is 41.8 Å². The Morgan fingerprint density at radius 3 is 2.60 bits per heavy atom. The first-order chi connectivity index (χ1) is 9.42. The molecule has 0 spiro atoms. The van der Waals surface area contributed by atoms with Gasteiger partial charge in [0.25, 0.3) is 15.9 Å². The molecule has 7 nitrogen and oxygen atoms in total. The first-order valence-corrected chi connectivity index (χ1v) is 7.22. The Morgan fingerprint density at radius 1 is 1.30 bits per heavy atom. The summed E-state index contributed by atoms with van der Waals surface area (Å²) in [7, 11) is -0.591. The molecule has 0 aliphatic rings. The Hall–Kier alpha value is -2.35. The largest absolute Gasteiger partial charge is 0.345 e. The van der Waals surface area contributed by atoms with Crippen molar-refractivity contribution in [2.45, 2.75) is 5.03 Å². The summed E-state index contributed by atoms with van der Waals surface area (Å²) in [6.07, 6.45) is 2.46. The predicted octanol–water partition coefficient (Wildman–Crippen LogP) is 0.912. The fourth-order valence-corrected chi connectivity index (χ4v) is 2.57. The highest BCUT2D eigenvalue weighted by molar-refractivity contribution is 7.92. The maximum atomic E-state index is 12.1. The SMILES string of the molecule is CN(C)C(=O)c1ccccc1NS(=O)(=O)c1cnc[nH]1. The number of anilines is 1. The lowest BCUT2D eigenvalue weighted by atomic mass is 10.1. The molecule has 0 aliphatic heterocycles. The molecule has 0 aliphatic carbocycles. The van der Waals surface area contributed by atoms with Crippen LogP contribution in [-0.4, -0.2) is 43.3 Å².